The van der Waals surface area contributed by atoms with Gasteiger partial charge in [0.25, 0.3) is 0 Å². The molecule has 1 atom stereocenters. The molecule has 1 rings (SSSR count). The maximum Gasteiger partial charge on any atom is 0.224 e. The van der Waals surface area contributed by atoms with Gasteiger partial charge in [-0.2, -0.15) is 0 Å². The van der Waals surface area contributed by atoms with Crippen LogP contribution in [0.4, 0.5) is 0 Å². The average Bonchev–Trinajstić information content (AvgIpc) is 2.36. The van der Waals surface area contributed by atoms with Crippen LogP contribution in [-0.4, -0.2) is 18.4 Å². The molecule has 0 saturated heterocycles. The van der Waals surface area contributed by atoms with Gasteiger partial charge in [-0.15, -0.1) is 24.0 Å². The molecule has 0 heterocycles. The van der Waals surface area contributed by atoms with Crippen molar-refractivity contribution < 1.29 is 4.79 Å². The van der Waals surface area contributed by atoms with Gasteiger partial charge in [0, 0.05) is 10.0 Å². The zero-order valence-corrected chi connectivity index (χ0v) is 16.5. The van der Waals surface area contributed by atoms with E-state index in [1.807, 2.05) is 13.0 Å². The number of hydrogen-bond donors (Lipinski definition) is 3. The van der Waals surface area contributed by atoms with Gasteiger partial charge in [-0.1, -0.05) is 29.3 Å². The summed E-state index contributed by atoms with van der Waals surface area (Å²) < 4.78 is 0. The number of aliphatic imine (C=N–C) groups is 1. The van der Waals surface area contributed by atoms with Crippen LogP contribution in [0.1, 0.15) is 32.4 Å². The maximum absolute atomic E-state index is 11.2. The molecular weight excluding hydrogens is 438 g/mol. The van der Waals surface area contributed by atoms with E-state index in [4.69, 9.17) is 34.7 Å². The molecule has 0 aromatic heterocycles. The molecular formula is C14H21Cl2IN4O. The second-order valence-corrected chi connectivity index (χ2v) is 6.33. The molecule has 124 valence electrons. The second-order valence-electron chi connectivity index (χ2n) is 5.48. The highest BCUT2D eigenvalue weighted by atomic mass is 127. The Labute approximate surface area is 157 Å². The molecule has 1 aromatic carbocycles. The minimum atomic E-state index is -0.743. The molecule has 0 aliphatic rings. The number of primary amides is 1. The summed E-state index contributed by atoms with van der Waals surface area (Å²) in [6, 6.07) is 5.10. The normalized spacial score (nSPS) is 13.2. The summed E-state index contributed by atoms with van der Waals surface area (Å²) in [4.78, 5) is 15.4. The zero-order valence-electron chi connectivity index (χ0n) is 12.7. The van der Waals surface area contributed by atoms with Crippen LogP contribution < -0.4 is 16.8 Å². The lowest BCUT2D eigenvalue weighted by Crippen LogP contribution is -2.38. The van der Waals surface area contributed by atoms with Gasteiger partial charge in [0.05, 0.1) is 18.0 Å². The maximum atomic E-state index is 11.2. The summed E-state index contributed by atoms with van der Waals surface area (Å²) in [6.07, 6.45) is 0. The van der Waals surface area contributed by atoms with Gasteiger partial charge in [0.1, 0.15) is 0 Å². The molecule has 22 heavy (non-hydrogen) atoms. The van der Waals surface area contributed by atoms with Crippen molar-refractivity contribution in [3.8, 4) is 0 Å². The van der Waals surface area contributed by atoms with Crippen LogP contribution in [0.3, 0.4) is 0 Å². The van der Waals surface area contributed by atoms with E-state index in [0.29, 0.717) is 10.0 Å². The summed E-state index contributed by atoms with van der Waals surface area (Å²) in [5.74, 6) is -0.198. The SMILES string of the molecule is CC(NC(N)=NCC(C)(C)C(N)=O)c1ccc(Cl)cc1Cl.I. The predicted molar refractivity (Wildman–Crippen MR) is 103 cm³/mol. The number of hydrogen-bond acceptors (Lipinski definition) is 2. The van der Waals surface area contributed by atoms with Crippen molar-refractivity contribution in [3.63, 3.8) is 0 Å². The molecule has 0 fully saturated rings. The largest absolute Gasteiger partial charge is 0.370 e. The van der Waals surface area contributed by atoms with Gasteiger partial charge in [-0.05, 0) is 38.5 Å². The first-order chi connectivity index (χ1) is 9.63. The average molecular weight is 459 g/mol. The highest BCUT2D eigenvalue weighted by Gasteiger charge is 2.24. The van der Waals surface area contributed by atoms with Gasteiger partial charge in [-0.25, -0.2) is 0 Å². The van der Waals surface area contributed by atoms with E-state index < -0.39 is 11.3 Å². The third kappa shape index (κ3) is 6.18. The van der Waals surface area contributed by atoms with Crippen LogP contribution in [0.2, 0.25) is 10.0 Å². The van der Waals surface area contributed by atoms with Crippen LogP contribution in [0.5, 0.6) is 0 Å². The topological polar surface area (TPSA) is 93.5 Å². The third-order valence-corrected chi connectivity index (χ3v) is 3.67. The fourth-order valence-corrected chi connectivity index (χ4v) is 2.13. The quantitative estimate of drug-likeness (QED) is 0.359. The summed E-state index contributed by atoms with van der Waals surface area (Å²) in [5, 5.41) is 4.14. The van der Waals surface area contributed by atoms with Crippen LogP contribution in [0.15, 0.2) is 23.2 Å². The van der Waals surface area contributed by atoms with Crippen molar-refractivity contribution in [1.29, 1.82) is 0 Å². The number of guanidine groups is 1. The molecule has 1 aromatic rings. The molecule has 1 unspecified atom stereocenters. The van der Waals surface area contributed by atoms with E-state index in [-0.39, 0.29) is 42.5 Å². The summed E-state index contributed by atoms with van der Waals surface area (Å²) in [6.45, 7) is 5.54. The highest BCUT2D eigenvalue weighted by molar-refractivity contribution is 14.0. The van der Waals surface area contributed by atoms with Crippen LogP contribution in [-0.2, 0) is 4.79 Å². The Morgan fingerprint density at radius 1 is 1.36 bits per heavy atom. The van der Waals surface area contributed by atoms with Gasteiger partial charge in [0.15, 0.2) is 5.96 Å². The molecule has 0 aliphatic carbocycles. The lowest BCUT2D eigenvalue weighted by Gasteiger charge is -2.20. The van der Waals surface area contributed by atoms with Gasteiger partial charge in [-0.3, -0.25) is 9.79 Å². The molecule has 0 bridgehead atoms. The van der Waals surface area contributed by atoms with E-state index in [0.717, 1.165) is 5.56 Å². The number of nitrogens with one attached hydrogen (secondary N) is 1. The second kappa shape index (κ2) is 8.79. The van der Waals surface area contributed by atoms with Crippen molar-refractivity contribution in [3.05, 3.63) is 33.8 Å². The van der Waals surface area contributed by atoms with Crippen molar-refractivity contribution in [2.75, 3.05) is 6.54 Å². The Balaban J connectivity index is 0.00000441. The van der Waals surface area contributed by atoms with E-state index >= 15 is 0 Å². The minimum Gasteiger partial charge on any atom is -0.370 e. The first-order valence-corrected chi connectivity index (χ1v) is 7.20. The predicted octanol–water partition coefficient (Wildman–Crippen LogP) is 3.09. The summed E-state index contributed by atoms with van der Waals surface area (Å²) in [7, 11) is 0. The number of benzene rings is 1. The Morgan fingerprint density at radius 2 is 1.95 bits per heavy atom. The molecule has 0 saturated carbocycles. The first kappa shape index (κ1) is 21.3. The van der Waals surface area contributed by atoms with E-state index in [9.17, 15) is 4.79 Å². The number of carbonyl (C=O) groups excluding carboxylic acids is 1. The lowest BCUT2D eigenvalue weighted by atomic mass is 9.93. The zero-order chi connectivity index (χ0) is 16.2. The van der Waals surface area contributed by atoms with Crippen LogP contribution >= 0.6 is 47.2 Å². The van der Waals surface area contributed by atoms with E-state index in [1.54, 1.807) is 26.0 Å². The van der Waals surface area contributed by atoms with Crippen molar-refractivity contribution in [1.82, 2.24) is 5.32 Å². The summed E-state index contributed by atoms with van der Waals surface area (Å²) >= 11 is 12.0. The van der Waals surface area contributed by atoms with Crippen molar-refractivity contribution >= 4 is 59.0 Å². The molecule has 0 aliphatic heterocycles. The van der Waals surface area contributed by atoms with Crippen molar-refractivity contribution in [2.24, 2.45) is 21.9 Å². The van der Waals surface area contributed by atoms with Crippen LogP contribution in [0, 0.1) is 5.41 Å². The van der Waals surface area contributed by atoms with Crippen LogP contribution in [0.25, 0.3) is 0 Å². The Hall–Kier alpha value is -0.730. The van der Waals surface area contributed by atoms with Gasteiger partial charge < -0.3 is 16.8 Å². The third-order valence-electron chi connectivity index (χ3n) is 3.11. The Bertz CT molecular complexity index is 564. The van der Waals surface area contributed by atoms with Gasteiger partial charge >= 0.3 is 0 Å². The number of rotatable bonds is 5. The molecule has 0 radical (unpaired) electrons. The Morgan fingerprint density at radius 3 is 2.45 bits per heavy atom. The monoisotopic (exact) mass is 458 g/mol. The van der Waals surface area contributed by atoms with Gasteiger partial charge in [0.2, 0.25) is 5.91 Å². The molecule has 5 nitrogen and oxygen atoms in total. The first-order valence-electron chi connectivity index (χ1n) is 6.45. The number of nitrogens with zero attached hydrogens (tertiary/aromatic N) is 1. The Kier molecular flexibility index (Phi) is 8.49. The standard InChI is InChI=1S/C14H20Cl2N4O.HI/c1-8(10-5-4-9(15)6-11(10)16)20-13(18)19-7-14(2,3)12(17)21;/h4-6,8H,7H2,1-3H3,(H2,17,21)(H3,18,19,20);1H. The molecule has 5 N–H and O–H groups in total. The number of halogens is 3. The van der Waals surface area contributed by atoms with Crippen molar-refractivity contribution in [2.45, 2.75) is 26.8 Å². The number of amides is 1. The number of carbonyl (C=O) groups is 1. The molecule has 0 spiro atoms. The highest BCUT2D eigenvalue weighted by Crippen LogP contribution is 2.26. The number of nitrogens with two attached hydrogens (primary N) is 2. The lowest BCUT2D eigenvalue weighted by molar-refractivity contribution is -0.125. The summed E-state index contributed by atoms with van der Waals surface area (Å²) in [5.41, 5.74) is 11.2. The molecule has 1 amide bonds. The van der Waals surface area contributed by atoms with E-state index in [2.05, 4.69) is 10.3 Å². The van der Waals surface area contributed by atoms with E-state index in [1.165, 1.54) is 0 Å². The fraction of sp³-hybridized carbons (Fsp3) is 0.429. The molecule has 8 heteroatoms. The smallest absolute Gasteiger partial charge is 0.224 e. The minimum absolute atomic E-state index is 0. The fourth-order valence-electron chi connectivity index (χ4n) is 1.56.